The van der Waals surface area contributed by atoms with Crippen LogP contribution in [0.2, 0.25) is 0 Å². The van der Waals surface area contributed by atoms with E-state index < -0.39 is 16.0 Å². The van der Waals surface area contributed by atoms with E-state index in [1.165, 1.54) is 29.6 Å². The Morgan fingerprint density at radius 3 is 2.41 bits per heavy atom. The van der Waals surface area contributed by atoms with Crippen LogP contribution in [0.25, 0.3) is 0 Å². The van der Waals surface area contributed by atoms with Gasteiger partial charge in [0.15, 0.2) is 0 Å². The number of esters is 1. The van der Waals surface area contributed by atoms with E-state index in [-0.39, 0.29) is 29.3 Å². The fraction of sp³-hybridized carbons (Fsp3) is 0.278. The van der Waals surface area contributed by atoms with E-state index in [2.05, 4.69) is 22.6 Å². The van der Waals surface area contributed by atoms with Crippen molar-refractivity contribution >= 4 is 38.6 Å². The third kappa shape index (κ3) is 4.60. The molecule has 1 aliphatic heterocycles. The summed E-state index contributed by atoms with van der Waals surface area (Å²) in [6.45, 7) is 1.24. The van der Waals surface area contributed by atoms with Crippen molar-refractivity contribution in [3.63, 3.8) is 0 Å². The maximum Gasteiger partial charge on any atom is 0.347 e. The lowest BCUT2D eigenvalue weighted by Gasteiger charge is -2.26. The number of rotatable bonds is 5. The summed E-state index contributed by atoms with van der Waals surface area (Å²) in [5.74, 6) is -0.0811. The molecule has 0 spiro atoms. The van der Waals surface area contributed by atoms with E-state index in [0.29, 0.717) is 19.0 Å². The fourth-order valence-electron chi connectivity index (χ4n) is 2.61. The Hall–Kier alpha value is -1.69. The first-order valence-electron chi connectivity index (χ1n) is 8.15. The summed E-state index contributed by atoms with van der Waals surface area (Å²) in [6, 6.07) is 11.1. The molecule has 2 aromatic rings. The summed E-state index contributed by atoms with van der Waals surface area (Å²) in [6.07, 6.45) is 0. The predicted molar refractivity (Wildman–Crippen MR) is 107 cm³/mol. The number of morpholine rings is 1. The lowest BCUT2D eigenvalue weighted by Crippen LogP contribution is -2.40. The van der Waals surface area contributed by atoms with Gasteiger partial charge in [-0.2, -0.15) is 4.31 Å². The molecule has 144 valence electrons. The van der Waals surface area contributed by atoms with E-state index in [9.17, 15) is 13.2 Å². The van der Waals surface area contributed by atoms with E-state index in [1.54, 1.807) is 24.3 Å². The van der Waals surface area contributed by atoms with Crippen LogP contribution in [0.15, 0.2) is 47.4 Å². The Balaban J connectivity index is 1.91. The molecule has 27 heavy (non-hydrogen) atoms. The van der Waals surface area contributed by atoms with Crippen molar-refractivity contribution in [2.24, 2.45) is 0 Å². The highest BCUT2D eigenvalue weighted by Gasteiger charge is 2.28. The number of hydrogen-bond acceptors (Lipinski definition) is 6. The van der Waals surface area contributed by atoms with Crippen LogP contribution < -0.4 is 9.47 Å². The van der Waals surface area contributed by atoms with Gasteiger partial charge in [-0.15, -0.1) is 0 Å². The molecule has 1 saturated heterocycles. The number of halogens is 1. The van der Waals surface area contributed by atoms with Crippen molar-refractivity contribution in [1.82, 2.24) is 4.31 Å². The zero-order valence-electron chi connectivity index (χ0n) is 14.6. The Labute approximate surface area is 171 Å². The number of nitrogens with zero attached hydrogens (tertiary/aromatic N) is 1. The molecule has 1 fully saturated rings. The lowest BCUT2D eigenvalue weighted by atomic mass is 10.2. The minimum absolute atomic E-state index is 0.0137. The van der Waals surface area contributed by atoms with E-state index >= 15 is 0 Å². The standard InChI is InChI=1S/C18H18INO6S/c1-24-17-7-6-15(27(22,23)20-8-10-25-11-9-20)12-16(17)18(21)26-14-4-2-13(19)3-5-14/h2-7,12H,8-11H2,1H3. The summed E-state index contributed by atoms with van der Waals surface area (Å²) in [4.78, 5) is 12.6. The summed E-state index contributed by atoms with van der Waals surface area (Å²) >= 11 is 2.15. The van der Waals surface area contributed by atoms with Gasteiger partial charge in [0.2, 0.25) is 10.0 Å². The highest BCUT2D eigenvalue weighted by molar-refractivity contribution is 14.1. The van der Waals surface area contributed by atoms with Crippen molar-refractivity contribution in [3.05, 3.63) is 51.6 Å². The van der Waals surface area contributed by atoms with Crippen LogP contribution in [0.1, 0.15) is 10.4 Å². The Bertz CT molecular complexity index is 923. The van der Waals surface area contributed by atoms with Crippen LogP contribution in [0.4, 0.5) is 0 Å². The summed E-state index contributed by atoms with van der Waals surface area (Å²) in [5, 5.41) is 0. The predicted octanol–water partition coefficient (Wildman–Crippen LogP) is 2.54. The molecule has 1 heterocycles. The van der Waals surface area contributed by atoms with Crippen LogP contribution in [-0.4, -0.2) is 52.1 Å². The van der Waals surface area contributed by atoms with Crippen LogP contribution in [-0.2, 0) is 14.8 Å². The number of benzene rings is 2. The molecule has 1 aliphatic rings. The summed E-state index contributed by atoms with van der Waals surface area (Å²) < 4.78 is 43.8. The molecule has 0 N–H and O–H groups in total. The Kier molecular flexibility index (Phi) is 6.35. The molecule has 0 aliphatic carbocycles. The maximum atomic E-state index is 12.8. The van der Waals surface area contributed by atoms with Crippen molar-refractivity contribution in [2.75, 3.05) is 33.4 Å². The molecule has 0 radical (unpaired) electrons. The normalized spacial score (nSPS) is 15.3. The lowest BCUT2D eigenvalue weighted by molar-refractivity contribution is 0.0725. The highest BCUT2D eigenvalue weighted by Crippen LogP contribution is 2.26. The zero-order valence-corrected chi connectivity index (χ0v) is 17.5. The second-order valence-corrected chi connectivity index (χ2v) is 8.91. The summed E-state index contributed by atoms with van der Waals surface area (Å²) in [5.41, 5.74) is 0.0467. The second-order valence-electron chi connectivity index (χ2n) is 5.72. The molecule has 0 saturated carbocycles. The van der Waals surface area contributed by atoms with Crippen LogP contribution >= 0.6 is 22.6 Å². The smallest absolute Gasteiger partial charge is 0.347 e. The van der Waals surface area contributed by atoms with Gasteiger partial charge in [-0.1, -0.05) is 0 Å². The molecule has 0 atom stereocenters. The molecule has 2 aromatic carbocycles. The van der Waals surface area contributed by atoms with Gasteiger partial charge in [0.05, 0.1) is 25.2 Å². The van der Waals surface area contributed by atoms with Gasteiger partial charge in [0.1, 0.15) is 17.1 Å². The molecule has 0 bridgehead atoms. The molecule has 0 aromatic heterocycles. The Morgan fingerprint density at radius 1 is 1.11 bits per heavy atom. The molecule has 0 amide bonds. The molecular weight excluding hydrogens is 485 g/mol. The van der Waals surface area contributed by atoms with Crippen molar-refractivity contribution in [2.45, 2.75) is 4.90 Å². The van der Waals surface area contributed by atoms with Gasteiger partial charge < -0.3 is 14.2 Å². The minimum Gasteiger partial charge on any atom is -0.496 e. The third-order valence-corrected chi connectivity index (χ3v) is 6.64. The number of methoxy groups -OCH3 is 1. The van der Waals surface area contributed by atoms with Gasteiger partial charge in [-0.25, -0.2) is 13.2 Å². The van der Waals surface area contributed by atoms with E-state index in [1.807, 2.05) is 0 Å². The average Bonchev–Trinajstić information content (AvgIpc) is 2.69. The largest absolute Gasteiger partial charge is 0.496 e. The summed E-state index contributed by atoms with van der Waals surface area (Å²) in [7, 11) is -2.32. The maximum absolute atomic E-state index is 12.8. The van der Waals surface area contributed by atoms with Gasteiger partial charge >= 0.3 is 5.97 Å². The SMILES string of the molecule is COc1ccc(S(=O)(=O)N2CCOCC2)cc1C(=O)Oc1ccc(I)cc1. The first kappa shape index (κ1) is 20.1. The minimum atomic E-state index is -3.73. The van der Waals surface area contributed by atoms with E-state index in [0.717, 1.165) is 3.57 Å². The van der Waals surface area contributed by atoms with Crippen molar-refractivity contribution < 1.29 is 27.4 Å². The van der Waals surface area contributed by atoms with E-state index in [4.69, 9.17) is 14.2 Å². The molecule has 3 rings (SSSR count). The molecule has 9 heteroatoms. The van der Waals surface area contributed by atoms with Crippen LogP contribution in [0.3, 0.4) is 0 Å². The van der Waals surface area contributed by atoms with Gasteiger partial charge in [-0.3, -0.25) is 0 Å². The molecule has 0 unspecified atom stereocenters. The number of carbonyl (C=O) groups is 1. The molecule has 7 nitrogen and oxygen atoms in total. The number of carbonyl (C=O) groups excluding carboxylic acids is 1. The van der Waals surface area contributed by atoms with Gasteiger partial charge in [-0.05, 0) is 65.1 Å². The Morgan fingerprint density at radius 2 is 1.78 bits per heavy atom. The van der Waals surface area contributed by atoms with Crippen LogP contribution in [0, 0.1) is 3.57 Å². The third-order valence-electron chi connectivity index (χ3n) is 4.02. The number of ether oxygens (including phenoxy) is 3. The highest BCUT2D eigenvalue weighted by atomic mass is 127. The average molecular weight is 503 g/mol. The van der Waals surface area contributed by atoms with Crippen molar-refractivity contribution in [3.8, 4) is 11.5 Å². The van der Waals surface area contributed by atoms with Crippen molar-refractivity contribution in [1.29, 1.82) is 0 Å². The monoisotopic (exact) mass is 503 g/mol. The first-order valence-corrected chi connectivity index (χ1v) is 10.7. The van der Waals surface area contributed by atoms with Gasteiger partial charge in [0, 0.05) is 16.7 Å². The first-order chi connectivity index (χ1) is 12.9. The zero-order chi connectivity index (χ0) is 19.4. The van der Waals surface area contributed by atoms with Gasteiger partial charge in [0.25, 0.3) is 0 Å². The number of sulfonamides is 1. The topological polar surface area (TPSA) is 82.1 Å². The van der Waals surface area contributed by atoms with Crippen LogP contribution in [0.5, 0.6) is 11.5 Å². The second kappa shape index (κ2) is 8.55. The fourth-order valence-corrected chi connectivity index (χ4v) is 4.40. The quantitative estimate of drug-likeness (QED) is 0.355. The number of hydrogen-bond donors (Lipinski definition) is 0. The molecular formula is C18H18INO6S.